The van der Waals surface area contributed by atoms with Crippen molar-refractivity contribution < 1.29 is 4.79 Å². The van der Waals surface area contributed by atoms with Crippen LogP contribution in [0.2, 0.25) is 0 Å². The molecule has 0 radical (unpaired) electrons. The van der Waals surface area contributed by atoms with E-state index < -0.39 is 0 Å². The van der Waals surface area contributed by atoms with E-state index in [4.69, 9.17) is 0 Å². The number of pyridine rings is 1. The molecule has 2 unspecified atom stereocenters. The first-order chi connectivity index (χ1) is 9.24. The Hall–Kier alpha value is -2.17. The van der Waals surface area contributed by atoms with Gasteiger partial charge in [-0.1, -0.05) is 12.1 Å². The summed E-state index contributed by atoms with van der Waals surface area (Å²) in [6.45, 7) is 2.45. The van der Waals surface area contributed by atoms with Crippen molar-refractivity contribution in [2.45, 2.75) is 19.3 Å². The Morgan fingerprint density at radius 1 is 1.47 bits per heavy atom. The Bertz CT molecular complexity index is 564. The first kappa shape index (κ1) is 11.9. The van der Waals surface area contributed by atoms with E-state index in [1.165, 1.54) is 6.92 Å². The van der Waals surface area contributed by atoms with Gasteiger partial charge in [0.05, 0.1) is 5.69 Å². The van der Waals surface area contributed by atoms with Crippen LogP contribution in [-0.2, 0) is 4.79 Å². The molecule has 3 rings (SSSR count). The van der Waals surface area contributed by atoms with Gasteiger partial charge in [-0.3, -0.25) is 4.79 Å². The largest absolute Gasteiger partial charge is 0.373 e. The number of allylic oxidation sites excluding steroid dienone is 1. The highest BCUT2D eigenvalue weighted by Gasteiger charge is 2.32. The third-order valence-corrected chi connectivity index (χ3v) is 3.47. The molecule has 0 bridgehead atoms. The summed E-state index contributed by atoms with van der Waals surface area (Å²) in [5, 5.41) is 6.03. The van der Waals surface area contributed by atoms with Crippen molar-refractivity contribution in [3.63, 3.8) is 0 Å². The highest BCUT2D eigenvalue weighted by molar-refractivity contribution is 5.89. The van der Waals surface area contributed by atoms with Gasteiger partial charge in [0.1, 0.15) is 11.7 Å². The first-order valence-electron chi connectivity index (χ1n) is 6.47. The Labute approximate surface area is 111 Å². The van der Waals surface area contributed by atoms with Crippen LogP contribution >= 0.6 is 0 Å². The summed E-state index contributed by atoms with van der Waals surface area (Å²) in [6, 6.07) is 5.73. The van der Waals surface area contributed by atoms with Crippen LogP contribution in [0, 0.1) is 5.92 Å². The molecule has 2 atom stereocenters. The molecule has 1 fully saturated rings. The molecule has 0 aromatic carbocycles. The van der Waals surface area contributed by atoms with E-state index in [0.717, 1.165) is 24.5 Å². The Morgan fingerprint density at radius 2 is 2.37 bits per heavy atom. The summed E-state index contributed by atoms with van der Waals surface area (Å²) in [6.07, 6.45) is 4.99. The maximum atomic E-state index is 11.1. The molecule has 19 heavy (non-hydrogen) atoms. The number of aromatic nitrogens is 1. The minimum absolute atomic E-state index is 0.103. The van der Waals surface area contributed by atoms with Gasteiger partial charge in [-0.25, -0.2) is 9.98 Å². The summed E-state index contributed by atoms with van der Waals surface area (Å²) in [4.78, 5) is 20.0. The SMILES string of the molecule is CC(=O)Nc1cccc(C2C=CN=C3NCCC32)n1. The number of carbonyl (C=O) groups excluding carboxylic acids is 1. The van der Waals surface area contributed by atoms with Gasteiger partial charge in [0.15, 0.2) is 0 Å². The summed E-state index contributed by atoms with van der Waals surface area (Å²) in [5.41, 5.74) is 0.976. The van der Waals surface area contributed by atoms with Crippen LogP contribution in [0.5, 0.6) is 0 Å². The van der Waals surface area contributed by atoms with Crippen molar-refractivity contribution in [1.29, 1.82) is 0 Å². The standard InChI is InChI=1S/C14H16N4O/c1-9(19)17-13-4-2-3-12(18-13)10-5-7-15-14-11(10)6-8-16-14/h2-5,7,10-11H,6,8H2,1H3,(H,15,16)(H,17,18,19). The van der Waals surface area contributed by atoms with Crippen LogP contribution in [-0.4, -0.2) is 23.3 Å². The van der Waals surface area contributed by atoms with Crippen molar-refractivity contribution in [2.75, 3.05) is 11.9 Å². The van der Waals surface area contributed by atoms with Crippen LogP contribution < -0.4 is 10.6 Å². The zero-order valence-electron chi connectivity index (χ0n) is 10.8. The zero-order chi connectivity index (χ0) is 13.2. The third kappa shape index (κ3) is 2.36. The lowest BCUT2D eigenvalue weighted by Gasteiger charge is -2.22. The highest BCUT2D eigenvalue weighted by atomic mass is 16.1. The van der Waals surface area contributed by atoms with E-state index in [2.05, 4.69) is 26.7 Å². The van der Waals surface area contributed by atoms with Crippen molar-refractivity contribution >= 4 is 17.6 Å². The molecule has 0 aliphatic carbocycles. The number of nitrogens with one attached hydrogen (secondary N) is 2. The lowest BCUT2D eigenvalue weighted by atomic mass is 9.86. The smallest absolute Gasteiger partial charge is 0.222 e. The molecule has 0 saturated carbocycles. The lowest BCUT2D eigenvalue weighted by Crippen LogP contribution is -2.26. The minimum Gasteiger partial charge on any atom is -0.373 e. The number of amidine groups is 1. The number of anilines is 1. The Morgan fingerprint density at radius 3 is 3.21 bits per heavy atom. The fourth-order valence-electron chi connectivity index (χ4n) is 2.66. The fourth-order valence-corrected chi connectivity index (χ4v) is 2.66. The van der Waals surface area contributed by atoms with Crippen LogP contribution in [0.3, 0.4) is 0 Å². The van der Waals surface area contributed by atoms with E-state index in [1.54, 1.807) is 6.07 Å². The molecular formula is C14H16N4O. The van der Waals surface area contributed by atoms with Crippen molar-refractivity contribution in [3.05, 3.63) is 36.2 Å². The second-order valence-electron chi connectivity index (χ2n) is 4.83. The van der Waals surface area contributed by atoms with Gasteiger partial charge in [-0.2, -0.15) is 0 Å². The Kier molecular flexibility index (Phi) is 3.03. The summed E-state index contributed by atoms with van der Waals surface area (Å²) in [7, 11) is 0. The van der Waals surface area contributed by atoms with Gasteiger partial charge < -0.3 is 10.6 Å². The number of aliphatic imine (C=N–C) groups is 1. The molecule has 1 amide bonds. The molecule has 2 aliphatic rings. The van der Waals surface area contributed by atoms with Gasteiger partial charge in [-0.05, 0) is 18.6 Å². The van der Waals surface area contributed by atoms with Crippen LogP contribution in [0.15, 0.2) is 35.5 Å². The van der Waals surface area contributed by atoms with E-state index >= 15 is 0 Å². The van der Waals surface area contributed by atoms with Gasteiger partial charge in [0.25, 0.3) is 0 Å². The third-order valence-electron chi connectivity index (χ3n) is 3.47. The number of amides is 1. The maximum Gasteiger partial charge on any atom is 0.222 e. The quantitative estimate of drug-likeness (QED) is 0.845. The zero-order valence-corrected chi connectivity index (χ0v) is 10.8. The molecule has 0 spiro atoms. The van der Waals surface area contributed by atoms with Crippen molar-refractivity contribution in [3.8, 4) is 0 Å². The molecule has 1 saturated heterocycles. The number of hydrogen-bond donors (Lipinski definition) is 2. The first-order valence-corrected chi connectivity index (χ1v) is 6.47. The number of hydrogen-bond acceptors (Lipinski definition) is 4. The van der Waals surface area contributed by atoms with Gasteiger partial charge in [0.2, 0.25) is 5.91 Å². The lowest BCUT2D eigenvalue weighted by molar-refractivity contribution is -0.114. The van der Waals surface area contributed by atoms with E-state index in [1.807, 2.05) is 18.3 Å². The predicted octanol–water partition coefficient (Wildman–Crippen LogP) is 1.66. The van der Waals surface area contributed by atoms with Crippen LogP contribution in [0.1, 0.15) is 25.0 Å². The summed E-state index contributed by atoms with van der Waals surface area (Å²) in [5.74, 6) is 2.17. The number of rotatable bonds is 2. The average molecular weight is 256 g/mol. The molecule has 2 aliphatic heterocycles. The second-order valence-corrected chi connectivity index (χ2v) is 4.83. The van der Waals surface area contributed by atoms with Crippen LogP contribution in [0.25, 0.3) is 0 Å². The second kappa shape index (κ2) is 4.84. The Balaban J connectivity index is 1.88. The highest BCUT2D eigenvalue weighted by Crippen LogP contribution is 2.33. The van der Waals surface area contributed by atoms with E-state index in [-0.39, 0.29) is 11.8 Å². The van der Waals surface area contributed by atoms with Gasteiger partial charge in [0, 0.05) is 31.5 Å². The van der Waals surface area contributed by atoms with E-state index in [0.29, 0.717) is 11.7 Å². The molecule has 5 heteroatoms. The number of carbonyl (C=O) groups is 1. The summed E-state index contributed by atoms with van der Waals surface area (Å²) < 4.78 is 0. The number of nitrogens with zero attached hydrogens (tertiary/aromatic N) is 2. The number of fused-ring (bicyclic) bond motifs is 1. The minimum atomic E-state index is -0.103. The summed E-state index contributed by atoms with van der Waals surface area (Å²) >= 11 is 0. The topological polar surface area (TPSA) is 66.4 Å². The molecule has 2 N–H and O–H groups in total. The molecule has 1 aromatic rings. The van der Waals surface area contributed by atoms with E-state index in [9.17, 15) is 4.79 Å². The molecule has 5 nitrogen and oxygen atoms in total. The van der Waals surface area contributed by atoms with Gasteiger partial charge in [-0.15, -0.1) is 0 Å². The normalized spacial score (nSPS) is 24.4. The van der Waals surface area contributed by atoms with Crippen molar-refractivity contribution in [1.82, 2.24) is 10.3 Å². The average Bonchev–Trinajstić information content (AvgIpc) is 2.86. The molecule has 1 aromatic heterocycles. The molecule has 98 valence electrons. The maximum absolute atomic E-state index is 11.1. The predicted molar refractivity (Wildman–Crippen MR) is 74.0 cm³/mol. The molecule has 3 heterocycles. The van der Waals surface area contributed by atoms with Crippen LogP contribution in [0.4, 0.5) is 5.82 Å². The van der Waals surface area contributed by atoms with Gasteiger partial charge >= 0.3 is 0 Å². The van der Waals surface area contributed by atoms with Crippen molar-refractivity contribution in [2.24, 2.45) is 10.9 Å². The molecular weight excluding hydrogens is 240 g/mol. The fraction of sp³-hybridized carbons (Fsp3) is 0.357. The monoisotopic (exact) mass is 256 g/mol.